The van der Waals surface area contributed by atoms with E-state index in [-0.39, 0.29) is 23.9 Å². The van der Waals surface area contributed by atoms with Gasteiger partial charge in [-0.2, -0.15) is 0 Å². The largest absolute Gasteiger partial charge is 0.481 e. The Hall–Kier alpha value is -1.26. The summed E-state index contributed by atoms with van der Waals surface area (Å²) < 4.78 is 0. The Morgan fingerprint density at radius 1 is 1.39 bits per heavy atom. The molecule has 0 radical (unpaired) electrons. The molecule has 1 aliphatic heterocycles. The van der Waals surface area contributed by atoms with Crippen LogP contribution in [0, 0.1) is 11.8 Å². The Labute approximate surface area is 109 Å². The zero-order valence-corrected chi connectivity index (χ0v) is 11.5. The SMILES string of the molecule is CCCC(CC)NC(=O)N1CC(C(C)C(=O)O)C1. The van der Waals surface area contributed by atoms with E-state index in [0.717, 1.165) is 19.3 Å². The monoisotopic (exact) mass is 256 g/mol. The molecule has 0 bridgehead atoms. The topological polar surface area (TPSA) is 69.6 Å². The number of urea groups is 1. The number of carbonyl (C=O) groups is 2. The maximum absolute atomic E-state index is 11.9. The number of carbonyl (C=O) groups excluding carboxylic acids is 1. The van der Waals surface area contributed by atoms with E-state index in [9.17, 15) is 9.59 Å². The van der Waals surface area contributed by atoms with Gasteiger partial charge in [0, 0.05) is 25.0 Å². The van der Waals surface area contributed by atoms with Gasteiger partial charge in [-0.1, -0.05) is 27.2 Å². The maximum Gasteiger partial charge on any atom is 0.317 e. The Balaban J connectivity index is 2.32. The number of rotatable bonds is 6. The lowest BCUT2D eigenvalue weighted by molar-refractivity contribution is -0.144. The quantitative estimate of drug-likeness (QED) is 0.763. The predicted octanol–water partition coefficient (Wildman–Crippen LogP) is 1.93. The number of hydrogen-bond acceptors (Lipinski definition) is 2. The van der Waals surface area contributed by atoms with Gasteiger partial charge in [0.15, 0.2) is 0 Å². The zero-order valence-electron chi connectivity index (χ0n) is 11.5. The van der Waals surface area contributed by atoms with Crippen LogP contribution in [0.4, 0.5) is 4.79 Å². The Bertz CT molecular complexity index is 301. The van der Waals surface area contributed by atoms with E-state index < -0.39 is 5.97 Å². The fourth-order valence-corrected chi connectivity index (χ4v) is 2.19. The minimum atomic E-state index is -0.780. The molecule has 1 saturated heterocycles. The van der Waals surface area contributed by atoms with E-state index in [1.807, 2.05) is 0 Å². The van der Waals surface area contributed by atoms with Crippen molar-refractivity contribution < 1.29 is 14.7 Å². The molecule has 0 aromatic rings. The molecule has 5 nitrogen and oxygen atoms in total. The van der Waals surface area contributed by atoms with Crippen LogP contribution in [0.2, 0.25) is 0 Å². The van der Waals surface area contributed by atoms with Gasteiger partial charge >= 0.3 is 12.0 Å². The highest BCUT2D eigenvalue weighted by atomic mass is 16.4. The molecule has 1 heterocycles. The molecule has 0 saturated carbocycles. The molecular weight excluding hydrogens is 232 g/mol. The van der Waals surface area contributed by atoms with Crippen molar-refractivity contribution in [1.82, 2.24) is 10.2 Å². The Kier molecular flexibility index (Phi) is 5.44. The molecule has 1 rings (SSSR count). The van der Waals surface area contributed by atoms with Crippen molar-refractivity contribution in [2.45, 2.75) is 46.1 Å². The molecule has 2 N–H and O–H groups in total. The minimum Gasteiger partial charge on any atom is -0.481 e. The molecular formula is C13H24N2O3. The standard InChI is InChI=1S/C13H24N2O3/c1-4-6-11(5-2)14-13(18)15-7-10(8-15)9(3)12(16)17/h9-11H,4-8H2,1-3H3,(H,14,18)(H,16,17). The van der Waals surface area contributed by atoms with Crippen molar-refractivity contribution in [2.75, 3.05) is 13.1 Å². The van der Waals surface area contributed by atoms with Gasteiger partial charge in [-0.15, -0.1) is 0 Å². The summed E-state index contributed by atoms with van der Waals surface area (Å²) in [5.74, 6) is -1.05. The van der Waals surface area contributed by atoms with Crippen molar-refractivity contribution in [1.29, 1.82) is 0 Å². The van der Waals surface area contributed by atoms with Crippen LogP contribution >= 0.6 is 0 Å². The lowest BCUT2D eigenvalue weighted by Crippen LogP contribution is -2.57. The molecule has 0 aliphatic carbocycles. The van der Waals surface area contributed by atoms with E-state index in [0.29, 0.717) is 13.1 Å². The first-order valence-corrected chi connectivity index (χ1v) is 6.77. The van der Waals surface area contributed by atoms with E-state index >= 15 is 0 Å². The fourth-order valence-electron chi connectivity index (χ4n) is 2.19. The fraction of sp³-hybridized carbons (Fsp3) is 0.846. The third-order valence-electron chi connectivity index (χ3n) is 3.75. The van der Waals surface area contributed by atoms with E-state index in [1.165, 1.54) is 0 Å². The zero-order chi connectivity index (χ0) is 13.7. The lowest BCUT2D eigenvalue weighted by atomic mass is 9.87. The van der Waals surface area contributed by atoms with Crippen molar-refractivity contribution in [2.24, 2.45) is 11.8 Å². The van der Waals surface area contributed by atoms with Gasteiger partial charge in [-0.05, 0) is 12.8 Å². The smallest absolute Gasteiger partial charge is 0.317 e. The molecule has 1 aliphatic rings. The maximum atomic E-state index is 11.9. The van der Waals surface area contributed by atoms with Crippen LogP contribution in [0.3, 0.4) is 0 Å². The number of hydrogen-bond donors (Lipinski definition) is 2. The summed E-state index contributed by atoms with van der Waals surface area (Å²) >= 11 is 0. The second kappa shape index (κ2) is 6.61. The van der Waals surface area contributed by atoms with Crippen molar-refractivity contribution in [3.05, 3.63) is 0 Å². The number of nitrogens with zero attached hydrogens (tertiary/aromatic N) is 1. The molecule has 18 heavy (non-hydrogen) atoms. The Morgan fingerprint density at radius 2 is 2.00 bits per heavy atom. The van der Waals surface area contributed by atoms with Crippen molar-refractivity contribution in [3.63, 3.8) is 0 Å². The van der Waals surface area contributed by atoms with Crippen LogP contribution in [-0.4, -0.2) is 41.1 Å². The first kappa shape index (κ1) is 14.8. The van der Waals surface area contributed by atoms with E-state index in [2.05, 4.69) is 19.2 Å². The number of carboxylic acid groups (broad SMARTS) is 1. The van der Waals surface area contributed by atoms with E-state index in [1.54, 1.807) is 11.8 Å². The van der Waals surface area contributed by atoms with Gasteiger partial charge in [-0.3, -0.25) is 4.79 Å². The molecule has 0 aromatic heterocycles. The third-order valence-corrected chi connectivity index (χ3v) is 3.75. The van der Waals surface area contributed by atoms with Gasteiger partial charge in [0.05, 0.1) is 5.92 Å². The highest BCUT2D eigenvalue weighted by Gasteiger charge is 2.37. The van der Waals surface area contributed by atoms with Gasteiger partial charge in [-0.25, -0.2) is 4.79 Å². The van der Waals surface area contributed by atoms with Crippen LogP contribution in [0.1, 0.15) is 40.0 Å². The molecule has 2 atom stereocenters. The normalized spacial score (nSPS) is 18.9. The first-order chi connectivity index (χ1) is 8.49. The number of carboxylic acids is 1. The molecule has 2 unspecified atom stereocenters. The summed E-state index contributed by atoms with van der Waals surface area (Å²) in [4.78, 5) is 24.4. The summed E-state index contributed by atoms with van der Waals surface area (Å²) in [6, 6.07) is 0.183. The molecule has 0 spiro atoms. The van der Waals surface area contributed by atoms with Crippen molar-refractivity contribution >= 4 is 12.0 Å². The average molecular weight is 256 g/mol. The molecule has 2 amide bonds. The number of nitrogens with one attached hydrogen (secondary N) is 1. The van der Waals surface area contributed by atoms with Crippen LogP contribution < -0.4 is 5.32 Å². The van der Waals surface area contributed by atoms with Crippen LogP contribution in [0.5, 0.6) is 0 Å². The average Bonchev–Trinajstić information content (AvgIpc) is 2.26. The summed E-state index contributed by atoms with van der Waals surface area (Å²) in [7, 11) is 0. The summed E-state index contributed by atoms with van der Waals surface area (Å²) in [5, 5.41) is 11.9. The number of likely N-dealkylation sites (tertiary alicyclic amines) is 1. The highest BCUT2D eigenvalue weighted by Crippen LogP contribution is 2.24. The Morgan fingerprint density at radius 3 is 2.44 bits per heavy atom. The number of amides is 2. The van der Waals surface area contributed by atoms with Crippen molar-refractivity contribution in [3.8, 4) is 0 Å². The summed E-state index contributed by atoms with van der Waals surface area (Å²) in [6.45, 7) is 6.98. The minimum absolute atomic E-state index is 0.0517. The summed E-state index contributed by atoms with van der Waals surface area (Å²) in [6.07, 6.45) is 2.98. The molecule has 0 aromatic carbocycles. The highest BCUT2D eigenvalue weighted by molar-refractivity contribution is 5.76. The van der Waals surface area contributed by atoms with E-state index in [4.69, 9.17) is 5.11 Å². The second-order valence-corrected chi connectivity index (χ2v) is 5.14. The van der Waals surface area contributed by atoms with Crippen LogP contribution in [0.15, 0.2) is 0 Å². The molecule has 1 fully saturated rings. The molecule has 104 valence electrons. The van der Waals surface area contributed by atoms with Gasteiger partial charge < -0.3 is 15.3 Å². The van der Waals surface area contributed by atoms with Gasteiger partial charge in [0.25, 0.3) is 0 Å². The van der Waals surface area contributed by atoms with Crippen LogP contribution in [-0.2, 0) is 4.79 Å². The van der Waals surface area contributed by atoms with Gasteiger partial charge in [0.2, 0.25) is 0 Å². The number of aliphatic carboxylic acids is 1. The van der Waals surface area contributed by atoms with Crippen LogP contribution in [0.25, 0.3) is 0 Å². The summed E-state index contributed by atoms with van der Waals surface area (Å²) in [5.41, 5.74) is 0. The van der Waals surface area contributed by atoms with Gasteiger partial charge in [0.1, 0.15) is 0 Å². The third kappa shape index (κ3) is 3.62. The predicted molar refractivity (Wildman–Crippen MR) is 69.4 cm³/mol. The lowest BCUT2D eigenvalue weighted by Gasteiger charge is -2.41. The molecule has 5 heteroatoms. The first-order valence-electron chi connectivity index (χ1n) is 6.77. The second-order valence-electron chi connectivity index (χ2n) is 5.14.